The van der Waals surface area contributed by atoms with E-state index in [-0.39, 0.29) is 18.7 Å². The molecule has 3 atom stereocenters. The monoisotopic (exact) mass is 343 g/mol. The van der Waals surface area contributed by atoms with Crippen molar-refractivity contribution in [1.82, 2.24) is 5.32 Å². The van der Waals surface area contributed by atoms with Gasteiger partial charge in [-0.15, -0.1) is 0 Å². The zero-order valence-corrected chi connectivity index (χ0v) is 15.3. The predicted molar refractivity (Wildman–Crippen MR) is 96.6 cm³/mol. The summed E-state index contributed by atoms with van der Waals surface area (Å²) in [6.45, 7) is 4.78. The van der Waals surface area contributed by atoms with E-state index >= 15 is 0 Å². The number of piperidine rings is 1. The molecule has 4 rings (SSSR count). The molecule has 1 aliphatic heterocycles. The largest absolute Gasteiger partial charge is 0.457 e. The Hall–Kier alpha value is -1.55. The molecule has 4 heteroatoms. The molecule has 136 valence electrons. The van der Waals surface area contributed by atoms with Gasteiger partial charge >= 0.3 is 5.97 Å². The molecule has 4 nitrogen and oxygen atoms in total. The molecular formula is C21H29NO3. The van der Waals surface area contributed by atoms with Crippen molar-refractivity contribution in [1.29, 1.82) is 0 Å². The summed E-state index contributed by atoms with van der Waals surface area (Å²) in [5.41, 5.74) is 3.31. The van der Waals surface area contributed by atoms with Crippen LogP contribution in [0, 0.1) is 11.8 Å². The van der Waals surface area contributed by atoms with Crippen LogP contribution in [0.5, 0.6) is 5.75 Å². The molecule has 3 aliphatic rings. The lowest BCUT2D eigenvalue weighted by molar-refractivity contribution is -0.153. The van der Waals surface area contributed by atoms with Crippen LogP contribution in [0.4, 0.5) is 0 Å². The molecule has 0 radical (unpaired) electrons. The summed E-state index contributed by atoms with van der Waals surface area (Å²) in [6.07, 6.45) is 7.70. The van der Waals surface area contributed by atoms with Crippen LogP contribution >= 0.6 is 0 Å². The summed E-state index contributed by atoms with van der Waals surface area (Å²) >= 11 is 0. The highest BCUT2D eigenvalue weighted by Crippen LogP contribution is 2.54. The van der Waals surface area contributed by atoms with Crippen molar-refractivity contribution < 1.29 is 14.3 Å². The van der Waals surface area contributed by atoms with E-state index in [1.807, 2.05) is 19.9 Å². The van der Waals surface area contributed by atoms with Crippen molar-refractivity contribution in [3.8, 4) is 5.75 Å². The molecule has 0 unspecified atom stereocenters. The first-order valence-electron chi connectivity index (χ1n) is 9.76. The Balaban J connectivity index is 1.56. The molecule has 1 aromatic carbocycles. The van der Waals surface area contributed by atoms with Gasteiger partial charge in [0, 0.05) is 11.5 Å². The molecule has 1 N–H and O–H groups in total. The van der Waals surface area contributed by atoms with Crippen LogP contribution in [0.15, 0.2) is 18.2 Å². The summed E-state index contributed by atoms with van der Waals surface area (Å²) in [5, 5.41) is 3.77. The van der Waals surface area contributed by atoms with E-state index in [1.54, 1.807) is 0 Å². The lowest BCUT2D eigenvalue weighted by atomic mass is 9.53. The first-order valence-corrected chi connectivity index (χ1v) is 9.76. The number of rotatable bonds is 4. The van der Waals surface area contributed by atoms with Gasteiger partial charge in [-0.3, -0.25) is 4.79 Å². The highest BCUT2D eigenvalue weighted by atomic mass is 16.7. The fourth-order valence-electron chi connectivity index (χ4n) is 5.32. The van der Waals surface area contributed by atoms with E-state index in [4.69, 9.17) is 9.47 Å². The summed E-state index contributed by atoms with van der Waals surface area (Å²) in [7, 11) is 0. The topological polar surface area (TPSA) is 47.6 Å². The fourth-order valence-corrected chi connectivity index (χ4v) is 5.32. The van der Waals surface area contributed by atoms with E-state index in [1.165, 1.54) is 43.2 Å². The van der Waals surface area contributed by atoms with Gasteiger partial charge in [0.1, 0.15) is 5.75 Å². The number of carbonyl (C=O) groups is 1. The Labute approximate surface area is 150 Å². The fraction of sp³-hybridized carbons (Fsp3) is 0.667. The second-order valence-corrected chi connectivity index (χ2v) is 8.22. The van der Waals surface area contributed by atoms with Gasteiger partial charge in [0.05, 0.1) is 5.92 Å². The quantitative estimate of drug-likeness (QED) is 0.671. The minimum absolute atomic E-state index is 0.00356. The number of hydrogen-bond acceptors (Lipinski definition) is 4. The summed E-state index contributed by atoms with van der Waals surface area (Å²) in [4.78, 5) is 11.6. The molecule has 1 saturated heterocycles. The van der Waals surface area contributed by atoms with Crippen LogP contribution in [0.2, 0.25) is 0 Å². The molecule has 0 spiro atoms. The number of carbonyl (C=O) groups excluding carboxylic acids is 1. The van der Waals surface area contributed by atoms with Crippen molar-refractivity contribution in [2.75, 3.05) is 13.3 Å². The van der Waals surface area contributed by atoms with Gasteiger partial charge in [0.25, 0.3) is 0 Å². The molecule has 1 heterocycles. The highest BCUT2D eigenvalue weighted by Gasteiger charge is 2.51. The van der Waals surface area contributed by atoms with Crippen LogP contribution in [0.25, 0.3) is 0 Å². The van der Waals surface area contributed by atoms with E-state index in [9.17, 15) is 4.79 Å². The second-order valence-electron chi connectivity index (χ2n) is 8.22. The molecule has 0 aromatic heterocycles. The standard InChI is InChI=1S/C21H29NO3/c1-14(2)20(23)25-13-24-16-7-6-15-11-19-17-5-3-4-8-21(17,9-10-22-19)18(15)12-16/h6-7,12,14,17,19,22H,3-5,8-11,13H2,1-2H3/t17-,19+,21-/m1/s1. The Morgan fingerprint density at radius 1 is 1.32 bits per heavy atom. The minimum atomic E-state index is -0.218. The first-order chi connectivity index (χ1) is 12.1. The molecule has 0 amide bonds. The number of esters is 1. The summed E-state index contributed by atoms with van der Waals surface area (Å²) in [5.74, 6) is 1.24. The Morgan fingerprint density at radius 3 is 3.04 bits per heavy atom. The second kappa shape index (κ2) is 6.64. The molecular weight excluding hydrogens is 314 g/mol. The summed E-state index contributed by atoms with van der Waals surface area (Å²) in [6, 6.07) is 7.12. The Bertz CT molecular complexity index is 653. The van der Waals surface area contributed by atoms with Crippen molar-refractivity contribution in [3.05, 3.63) is 29.3 Å². The van der Waals surface area contributed by atoms with Crippen molar-refractivity contribution >= 4 is 5.97 Å². The predicted octanol–water partition coefficient (Wildman–Crippen LogP) is 3.57. The van der Waals surface area contributed by atoms with E-state index < -0.39 is 0 Å². The zero-order chi connectivity index (χ0) is 17.4. The van der Waals surface area contributed by atoms with Crippen LogP contribution in [-0.2, 0) is 21.4 Å². The van der Waals surface area contributed by atoms with Crippen LogP contribution in [0.3, 0.4) is 0 Å². The third-order valence-corrected chi connectivity index (χ3v) is 6.52. The normalized spacial score (nSPS) is 30.4. The maximum atomic E-state index is 11.6. The Kier molecular flexibility index (Phi) is 4.48. The first kappa shape index (κ1) is 16.9. The van der Waals surface area contributed by atoms with Gasteiger partial charge < -0.3 is 14.8 Å². The lowest BCUT2D eigenvalue weighted by Crippen LogP contribution is -2.59. The van der Waals surface area contributed by atoms with Gasteiger partial charge in [-0.1, -0.05) is 32.8 Å². The van der Waals surface area contributed by atoms with Crippen LogP contribution in [0.1, 0.15) is 57.1 Å². The smallest absolute Gasteiger partial charge is 0.311 e. The molecule has 25 heavy (non-hydrogen) atoms. The third kappa shape index (κ3) is 2.95. The van der Waals surface area contributed by atoms with E-state index in [0.29, 0.717) is 11.5 Å². The van der Waals surface area contributed by atoms with Gasteiger partial charge in [-0.2, -0.15) is 0 Å². The maximum absolute atomic E-state index is 11.6. The van der Waals surface area contributed by atoms with Crippen LogP contribution in [-0.4, -0.2) is 25.3 Å². The van der Waals surface area contributed by atoms with Crippen LogP contribution < -0.4 is 10.1 Å². The molecule has 2 aliphatic carbocycles. The number of nitrogens with one attached hydrogen (secondary N) is 1. The molecule has 2 fully saturated rings. The molecule has 1 saturated carbocycles. The van der Waals surface area contributed by atoms with Gasteiger partial charge in [0.2, 0.25) is 6.79 Å². The average Bonchev–Trinajstić information content (AvgIpc) is 2.62. The minimum Gasteiger partial charge on any atom is -0.457 e. The van der Waals surface area contributed by atoms with E-state index in [0.717, 1.165) is 24.6 Å². The van der Waals surface area contributed by atoms with Gasteiger partial charge in [0.15, 0.2) is 0 Å². The van der Waals surface area contributed by atoms with Gasteiger partial charge in [-0.05, 0) is 61.4 Å². The van der Waals surface area contributed by atoms with Crippen molar-refractivity contribution in [3.63, 3.8) is 0 Å². The maximum Gasteiger partial charge on any atom is 0.311 e. The number of fused-ring (bicyclic) bond motifs is 1. The Morgan fingerprint density at radius 2 is 2.20 bits per heavy atom. The molecule has 1 aromatic rings. The number of hydrogen-bond donors (Lipinski definition) is 1. The third-order valence-electron chi connectivity index (χ3n) is 6.52. The lowest BCUT2D eigenvalue weighted by Gasteiger charge is -2.56. The average molecular weight is 343 g/mol. The SMILES string of the molecule is CC(C)C(=O)OCOc1ccc2c(c1)[C@@]13CCCC[C@@H]1[C@H](C2)NCC3. The van der Waals surface area contributed by atoms with E-state index in [2.05, 4.69) is 17.4 Å². The van der Waals surface area contributed by atoms with Crippen molar-refractivity contribution in [2.24, 2.45) is 11.8 Å². The number of ether oxygens (including phenoxy) is 2. The zero-order valence-electron chi connectivity index (χ0n) is 15.3. The number of benzene rings is 1. The van der Waals surface area contributed by atoms with Crippen molar-refractivity contribution in [2.45, 2.75) is 63.8 Å². The highest BCUT2D eigenvalue weighted by molar-refractivity contribution is 5.71. The molecule has 2 bridgehead atoms. The van der Waals surface area contributed by atoms with Gasteiger partial charge in [-0.25, -0.2) is 0 Å². The summed E-state index contributed by atoms with van der Waals surface area (Å²) < 4.78 is 10.9.